The lowest BCUT2D eigenvalue weighted by Gasteiger charge is -2.28. The maximum atomic E-state index is 13.0. The van der Waals surface area contributed by atoms with Gasteiger partial charge in [0.25, 0.3) is 5.91 Å². The Labute approximate surface area is 154 Å². The molecule has 26 heavy (non-hydrogen) atoms. The van der Waals surface area contributed by atoms with E-state index < -0.39 is 0 Å². The Hall–Kier alpha value is -2.64. The van der Waals surface area contributed by atoms with Crippen molar-refractivity contribution in [1.29, 1.82) is 0 Å². The van der Waals surface area contributed by atoms with Crippen molar-refractivity contribution in [3.63, 3.8) is 0 Å². The number of hydrogen-bond acceptors (Lipinski definition) is 5. The van der Waals surface area contributed by atoms with E-state index in [4.69, 9.17) is 21.1 Å². The van der Waals surface area contributed by atoms with Crippen molar-refractivity contribution in [2.24, 2.45) is 0 Å². The molecule has 0 spiro atoms. The van der Waals surface area contributed by atoms with Crippen LogP contribution in [-0.2, 0) is 4.74 Å². The molecule has 0 atom stereocenters. The van der Waals surface area contributed by atoms with Crippen molar-refractivity contribution in [3.8, 4) is 5.88 Å². The Morgan fingerprint density at radius 1 is 1.19 bits per heavy atom. The van der Waals surface area contributed by atoms with Gasteiger partial charge in [-0.05, 0) is 24.3 Å². The zero-order valence-electron chi connectivity index (χ0n) is 13.8. The fourth-order valence-electron chi connectivity index (χ4n) is 3.38. The summed E-state index contributed by atoms with van der Waals surface area (Å²) < 4.78 is 13.1. The van der Waals surface area contributed by atoms with Crippen LogP contribution in [0.1, 0.15) is 16.4 Å². The van der Waals surface area contributed by atoms with E-state index in [-0.39, 0.29) is 22.5 Å². The number of amides is 1. The summed E-state index contributed by atoms with van der Waals surface area (Å²) in [7, 11) is 0. The van der Waals surface area contributed by atoms with E-state index in [9.17, 15) is 4.79 Å². The van der Waals surface area contributed by atoms with Gasteiger partial charge in [0, 0.05) is 22.8 Å². The molecule has 1 amide bonds. The third-order valence-corrected chi connectivity index (χ3v) is 5.10. The molecule has 2 aromatic heterocycles. The first-order chi connectivity index (χ1) is 12.7. The number of rotatable bonds is 2. The van der Waals surface area contributed by atoms with Crippen molar-refractivity contribution < 1.29 is 14.3 Å². The number of carbonyl (C=O) groups is 1. The highest BCUT2D eigenvalue weighted by Gasteiger charge is 2.29. The fourth-order valence-corrected chi connectivity index (χ4v) is 3.58. The van der Waals surface area contributed by atoms with Crippen LogP contribution < -0.4 is 9.64 Å². The molecule has 0 radical (unpaired) electrons. The fraction of sp³-hybridized carbons (Fsp3) is 0.278. The summed E-state index contributed by atoms with van der Waals surface area (Å²) in [5, 5.41) is 1.17. The number of benzene rings is 1. The van der Waals surface area contributed by atoms with Crippen LogP contribution in [0.3, 0.4) is 0 Å². The van der Waals surface area contributed by atoms with E-state index in [0.29, 0.717) is 19.2 Å². The SMILES string of the molecule is O=C1c2c(Cl)ncnc2OCCN1c1ccc2c(ccn2C2COC2)c1. The number of carbonyl (C=O) groups excluding carboxylic acids is 1. The predicted molar refractivity (Wildman–Crippen MR) is 96.0 cm³/mol. The summed E-state index contributed by atoms with van der Waals surface area (Å²) in [6, 6.07) is 8.42. The molecule has 1 saturated heterocycles. The molecule has 0 N–H and O–H groups in total. The number of halogens is 1. The average molecular weight is 371 g/mol. The van der Waals surface area contributed by atoms with Gasteiger partial charge in [-0.15, -0.1) is 0 Å². The summed E-state index contributed by atoms with van der Waals surface area (Å²) >= 11 is 6.12. The molecule has 4 heterocycles. The minimum Gasteiger partial charge on any atom is -0.475 e. The number of hydrogen-bond donors (Lipinski definition) is 0. The van der Waals surface area contributed by atoms with Crippen LogP contribution in [-0.4, -0.2) is 46.8 Å². The quantitative estimate of drug-likeness (QED) is 0.649. The molecule has 1 aromatic carbocycles. The highest BCUT2D eigenvalue weighted by molar-refractivity contribution is 6.33. The molecule has 0 saturated carbocycles. The van der Waals surface area contributed by atoms with E-state index in [2.05, 4.69) is 26.8 Å². The van der Waals surface area contributed by atoms with E-state index in [1.807, 2.05) is 18.2 Å². The Morgan fingerprint density at radius 3 is 2.88 bits per heavy atom. The molecule has 0 aliphatic carbocycles. The van der Waals surface area contributed by atoms with E-state index >= 15 is 0 Å². The Kier molecular flexibility index (Phi) is 3.58. The van der Waals surface area contributed by atoms with E-state index in [1.54, 1.807) is 4.90 Å². The first kappa shape index (κ1) is 15.6. The van der Waals surface area contributed by atoms with Crippen LogP contribution in [0.25, 0.3) is 10.9 Å². The normalized spacial score (nSPS) is 17.6. The predicted octanol–water partition coefficient (Wildman–Crippen LogP) is 2.70. The van der Waals surface area contributed by atoms with Crippen LogP contribution in [0.5, 0.6) is 5.88 Å². The largest absolute Gasteiger partial charge is 0.475 e. The smallest absolute Gasteiger partial charge is 0.267 e. The molecule has 0 bridgehead atoms. The second-order valence-corrected chi connectivity index (χ2v) is 6.67. The highest BCUT2D eigenvalue weighted by Crippen LogP contribution is 2.31. The number of nitrogens with zero attached hydrogens (tertiary/aromatic N) is 4. The third kappa shape index (κ3) is 2.35. The average Bonchev–Trinajstić information content (AvgIpc) is 2.91. The second-order valence-electron chi connectivity index (χ2n) is 6.31. The van der Waals surface area contributed by atoms with Crippen LogP contribution in [0.15, 0.2) is 36.8 Å². The summed E-state index contributed by atoms with van der Waals surface area (Å²) in [6.45, 7) is 2.23. The Morgan fingerprint density at radius 2 is 2.08 bits per heavy atom. The van der Waals surface area contributed by atoms with Gasteiger partial charge in [-0.1, -0.05) is 11.6 Å². The lowest BCUT2D eigenvalue weighted by atomic mass is 10.2. The topological polar surface area (TPSA) is 69.5 Å². The maximum absolute atomic E-state index is 13.0. The minimum atomic E-state index is -0.255. The van der Waals surface area contributed by atoms with Gasteiger partial charge in [0.2, 0.25) is 5.88 Å². The van der Waals surface area contributed by atoms with Gasteiger partial charge in [0.1, 0.15) is 23.7 Å². The van der Waals surface area contributed by atoms with Crippen molar-refractivity contribution in [1.82, 2.24) is 14.5 Å². The van der Waals surface area contributed by atoms with Gasteiger partial charge in [0.15, 0.2) is 0 Å². The van der Waals surface area contributed by atoms with Gasteiger partial charge >= 0.3 is 0 Å². The Bertz CT molecular complexity index is 1010. The van der Waals surface area contributed by atoms with Gasteiger partial charge in [0.05, 0.1) is 25.8 Å². The second kappa shape index (κ2) is 5.96. The highest BCUT2D eigenvalue weighted by atomic mass is 35.5. The summed E-state index contributed by atoms with van der Waals surface area (Å²) in [5.74, 6) is -0.0241. The van der Waals surface area contributed by atoms with Crippen molar-refractivity contribution in [2.45, 2.75) is 6.04 Å². The molecular weight excluding hydrogens is 356 g/mol. The van der Waals surface area contributed by atoms with E-state index in [0.717, 1.165) is 29.8 Å². The van der Waals surface area contributed by atoms with Crippen molar-refractivity contribution >= 4 is 34.1 Å². The lowest BCUT2D eigenvalue weighted by Crippen LogP contribution is -2.32. The Balaban J connectivity index is 1.54. The van der Waals surface area contributed by atoms with Gasteiger partial charge < -0.3 is 18.9 Å². The number of aromatic nitrogens is 3. The molecule has 3 aromatic rings. The zero-order valence-corrected chi connectivity index (χ0v) is 14.5. The molecular formula is C18H15ClN4O3. The number of fused-ring (bicyclic) bond motifs is 2. The molecule has 7 nitrogen and oxygen atoms in total. The molecule has 5 rings (SSSR count). The minimum absolute atomic E-state index is 0.101. The monoisotopic (exact) mass is 370 g/mol. The molecule has 0 unspecified atom stereocenters. The van der Waals surface area contributed by atoms with Crippen LogP contribution in [0, 0.1) is 0 Å². The molecule has 2 aliphatic heterocycles. The molecule has 132 valence electrons. The van der Waals surface area contributed by atoms with Crippen molar-refractivity contribution in [2.75, 3.05) is 31.3 Å². The summed E-state index contributed by atoms with van der Waals surface area (Å²) in [6.07, 6.45) is 3.36. The number of ether oxygens (including phenoxy) is 2. The number of anilines is 1. The molecule has 2 aliphatic rings. The standard InChI is InChI=1S/C18H15ClN4O3/c19-16-15-17(21-10-20-16)26-6-5-23(18(15)24)12-1-2-14-11(7-12)3-4-22(14)13-8-25-9-13/h1-4,7,10,13H,5-6,8-9H2. The van der Waals surface area contributed by atoms with E-state index in [1.165, 1.54) is 6.33 Å². The van der Waals surface area contributed by atoms with Crippen LogP contribution >= 0.6 is 11.6 Å². The zero-order chi connectivity index (χ0) is 17.7. The third-order valence-electron chi connectivity index (χ3n) is 4.81. The van der Waals surface area contributed by atoms with Crippen molar-refractivity contribution in [3.05, 3.63) is 47.5 Å². The first-order valence-electron chi connectivity index (χ1n) is 8.36. The van der Waals surface area contributed by atoms with Gasteiger partial charge in [-0.25, -0.2) is 9.97 Å². The van der Waals surface area contributed by atoms with Crippen LogP contribution in [0.4, 0.5) is 5.69 Å². The summed E-state index contributed by atoms with van der Waals surface area (Å²) in [5.41, 5.74) is 2.12. The van der Waals surface area contributed by atoms with Gasteiger partial charge in [-0.3, -0.25) is 4.79 Å². The lowest BCUT2D eigenvalue weighted by molar-refractivity contribution is -0.0213. The summed E-state index contributed by atoms with van der Waals surface area (Å²) in [4.78, 5) is 22.6. The van der Waals surface area contributed by atoms with Gasteiger partial charge in [-0.2, -0.15) is 0 Å². The molecule has 1 fully saturated rings. The molecule has 8 heteroatoms. The van der Waals surface area contributed by atoms with Crippen LogP contribution in [0.2, 0.25) is 5.15 Å². The maximum Gasteiger partial charge on any atom is 0.267 e. The first-order valence-corrected chi connectivity index (χ1v) is 8.73.